The smallest absolute Gasteiger partial charge is 0.297 e. The molecule has 2 aliphatic heterocycles. The Morgan fingerprint density at radius 3 is 2.12 bits per heavy atom. The molecule has 2 heterocycles. The fraction of sp³-hybridized carbons (Fsp3) is 0.684. The van der Waals surface area contributed by atoms with Gasteiger partial charge in [0.2, 0.25) is 5.79 Å². The van der Waals surface area contributed by atoms with Crippen LogP contribution in [-0.2, 0) is 28.5 Å². The molecule has 14 heteroatoms. The molecule has 0 saturated carbocycles. The molecule has 0 unspecified atom stereocenters. The van der Waals surface area contributed by atoms with Gasteiger partial charge >= 0.3 is 0 Å². The van der Waals surface area contributed by atoms with Crippen molar-refractivity contribution < 1.29 is 62.6 Å². The molecule has 3 rings (SSSR count). The van der Waals surface area contributed by atoms with Crippen molar-refractivity contribution in [2.24, 2.45) is 0 Å². The van der Waals surface area contributed by atoms with Crippen LogP contribution < -0.4 is 0 Å². The summed E-state index contributed by atoms with van der Waals surface area (Å²) in [5, 5.41) is 69.8. The highest BCUT2D eigenvalue weighted by molar-refractivity contribution is 7.86. The monoisotopic (exact) mass is 496 g/mol. The zero-order chi connectivity index (χ0) is 24.6. The lowest BCUT2D eigenvalue weighted by molar-refractivity contribution is -0.383. The van der Waals surface area contributed by atoms with E-state index in [2.05, 4.69) is 0 Å². The summed E-state index contributed by atoms with van der Waals surface area (Å²) in [4.78, 5) is -0.155. The molecule has 33 heavy (non-hydrogen) atoms. The fourth-order valence-corrected chi connectivity index (χ4v) is 4.47. The Morgan fingerprint density at radius 2 is 1.58 bits per heavy atom. The van der Waals surface area contributed by atoms with Crippen LogP contribution in [0.3, 0.4) is 0 Å². The van der Waals surface area contributed by atoms with Gasteiger partial charge in [0, 0.05) is 0 Å². The molecule has 0 bridgehead atoms. The van der Waals surface area contributed by atoms with Crippen molar-refractivity contribution in [1.82, 2.24) is 0 Å². The molecular weight excluding hydrogens is 468 g/mol. The van der Waals surface area contributed by atoms with Gasteiger partial charge in [-0.1, -0.05) is 17.7 Å². The largest absolute Gasteiger partial charge is 0.394 e. The van der Waals surface area contributed by atoms with Crippen molar-refractivity contribution in [3.8, 4) is 0 Å². The normalized spacial score (nSPS) is 39.6. The van der Waals surface area contributed by atoms with E-state index in [0.717, 1.165) is 5.56 Å². The van der Waals surface area contributed by atoms with Crippen LogP contribution >= 0.6 is 0 Å². The van der Waals surface area contributed by atoms with E-state index in [1.165, 1.54) is 12.1 Å². The average Bonchev–Trinajstić information content (AvgIpc) is 3.04. The van der Waals surface area contributed by atoms with Gasteiger partial charge in [0.25, 0.3) is 10.1 Å². The Labute approximate surface area is 189 Å². The molecule has 9 atom stereocenters. The minimum atomic E-state index is -4.26. The third kappa shape index (κ3) is 5.22. The molecule has 1 aromatic rings. The molecule has 0 radical (unpaired) electrons. The summed E-state index contributed by atoms with van der Waals surface area (Å²) in [5.41, 5.74) is 0.819. The number of aliphatic hydroxyl groups excluding tert-OH is 7. The van der Waals surface area contributed by atoms with Crippen molar-refractivity contribution in [1.29, 1.82) is 0 Å². The standard InChI is InChI=1S/C19H28O13S/c1-9-2-4-10(5-3-9)33(27,28)29-7-12-13(22)15(24)16(25)18(30-12)32-19(8-21)17(26)14(23)11(6-20)31-19/h2-5,11-18,20-26H,6-8H2,1H3/t11-,12-,13-,14-,15+,16-,17+,18-,19+/m1/s1. The highest BCUT2D eigenvalue weighted by Crippen LogP contribution is 2.36. The van der Waals surface area contributed by atoms with E-state index in [1.54, 1.807) is 19.1 Å². The zero-order valence-corrected chi connectivity index (χ0v) is 18.4. The molecule has 0 aromatic heterocycles. The average molecular weight is 496 g/mol. The van der Waals surface area contributed by atoms with E-state index in [1.807, 2.05) is 0 Å². The molecule has 7 N–H and O–H groups in total. The fourth-order valence-electron chi connectivity index (χ4n) is 3.55. The summed E-state index contributed by atoms with van der Waals surface area (Å²) in [5.74, 6) is -2.35. The Morgan fingerprint density at radius 1 is 0.939 bits per heavy atom. The first-order chi connectivity index (χ1) is 15.5. The Bertz CT molecular complexity index is 893. The summed E-state index contributed by atoms with van der Waals surface area (Å²) >= 11 is 0. The van der Waals surface area contributed by atoms with Crippen molar-refractivity contribution in [3.05, 3.63) is 29.8 Å². The molecule has 0 spiro atoms. The van der Waals surface area contributed by atoms with E-state index in [9.17, 15) is 44.2 Å². The number of rotatable bonds is 8. The summed E-state index contributed by atoms with van der Waals surface area (Å²) < 4.78 is 45.7. The van der Waals surface area contributed by atoms with E-state index in [-0.39, 0.29) is 4.90 Å². The maximum atomic E-state index is 12.4. The third-order valence-corrected chi connectivity index (χ3v) is 6.88. The Kier molecular flexibility index (Phi) is 8.10. The molecule has 2 aliphatic rings. The number of aliphatic hydroxyl groups is 7. The minimum absolute atomic E-state index is 0.155. The van der Waals surface area contributed by atoms with Gasteiger partial charge in [-0.05, 0) is 19.1 Å². The van der Waals surface area contributed by atoms with E-state index < -0.39 is 84.7 Å². The van der Waals surface area contributed by atoms with Crippen LogP contribution in [0.4, 0.5) is 0 Å². The lowest BCUT2D eigenvalue weighted by atomic mass is 9.99. The van der Waals surface area contributed by atoms with Gasteiger partial charge in [0.1, 0.15) is 49.3 Å². The van der Waals surface area contributed by atoms with Crippen LogP contribution in [-0.4, -0.2) is 119 Å². The Balaban J connectivity index is 1.74. The number of hydrogen-bond donors (Lipinski definition) is 7. The first-order valence-electron chi connectivity index (χ1n) is 10.0. The maximum Gasteiger partial charge on any atom is 0.297 e. The third-order valence-electron chi connectivity index (χ3n) is 5.59. The topological polar surface area (TPSA) is 213 Å². The van der Waals surface area contributed by atoms with Crippen LogP contribution in [0, 0.1) is 6.92 Å². The van der Waals surface area contributed by atoms with Crippen molar-refractivity contribution in [2.45, 2.75) is 66.6 Å². The van der Waals surface area contributed by atoms with Crippen LogP contribution in [0.1, 0.15) is 5.56 Å². The molecule has 1 aromatic carbocycles. The van der Waals surface area contributed by atoms with Gasteiger partial charge in [0.05, 0.1) is 18.1 Å². The molecule has 2 saturated heterocycles. The predicted molar refractivity (Wildman–Crippen MR) is 106 cm³/mol. The second-order valence-electron chi connectivity index (χ2n) is 7.93. The van der Waals surface area contributed by atoms with Gasteiger partial charge in [-0.3, -0.25) is 4.18 Å². The van der Waals surface area contributed by atoms with Crippen LogP contribution in [0.2, 0.25) is 0 Å². The SMILES string of the molecule is Cc1ccc(S(=O)(=O)OC[C@H]2O[C@H](O[C@]3(CO)O[C@H](CO)[C@@H](O)[C@@H]3O)[C@H](O)[C@@H](O)[C@@H]2O)cc1. The van der Waals surface area contributed by atoms with Crippen molar-refractivity contribution in [3.63, 3.8) is 0 Å². The predicted octanol–water partition coefficient (Wildman–Crippen LogP) is -3.67. The molecule has 13 nitrogen and oxygen atoms in total. The highest BCUT2D eigenvalue weighted by Gasteiger charge is 2.58. The molecule has 2 fully saturated rings. The number of ether oxygens (including phenoxy) is 3. The molecular formula is C19H28O13S. The van der Waals surface area contributed by atoms with Crippen molar-refractivity contribution >= 4 is 10.1 Å². The maximum absolute atomic E-state index is 12.4. The van der Waals surface area contributed by atoms with Crippen LogP contribution in [0.15, 0.2) is 29.2 Å². The molecule has 0 aliphatic carbocycles. The first-order valence-corrected chi connectivity index (χ1v) is 11.5. The van der Waals surface area contributed by atoms with E-state index >= 15 is 0 Å². The summed E-state index contributed by atoms with van der Waals surface area (Å²) in [6.07, 6.45) is -13.9. The highest BCUT2D eigenvalue weighted by atomic mass is 32.2. The lowest BCUT2D eigenvalue weighted by Gasteiger charge is -2.43. The van der Waals surface area contributed by atoms with Crippen molar-refractivity contribution in [2.75, 3.05) is 19.8 Å². The minimum Gasteiger partial charge on any atom is -0.394 e. The van der Waals surface area contributed by atoms with Gasteiger partial charge in [0.15, 0.2) is 6.29 Å². The second-order valence-corrected chi connectivity index (χ2v) is 9.54. The summed E-state index contributed by atoms with van der Waals surface area (Å²) in [6, 6.07) is 5.75. The lowest BCUT2D eigenvalue weighted by Crippen LogP contribution is -2.62. The van der Waals surface area contributed by atoms with Gasteiger partial charge in [-0.15, -0.1) is 0 Å². The first kappa shape index (κ1) is 26.3. The number of benzene rings is 1. The van der Waals surface area contributed by atoms with Crippen LogP contribution in [0.25, 0.3) is 0 Å². The molecule has 188 valence electrons. The van der Waals surface area contributed by atoms with Gasteiger partial charge in [-0.2, -0.15) is 8.42 Å². The van der Waals surface area contributed by atoms with Crippen LogP contribution in [0.5, 0.6) is 0 Å². The number of hydrogen-bond acceptors (Lipinski definition) is 13. The Hall–Kier alpha value is -1.27. The zero-order valence-electron chi connectivity index (χ0n) is 17.5. The molecule has 0 amide bonds. The quantitative estimate of drug-likeness (QED) is 0.173. The summed E-state index contributed by atoms with van der Waals surface area (Å²) in [6.45, 7) is -0.789. The van der Waals surface area contributed by atoms with Gasteiger partial charge in [-0.25, -0.2) is 0 Å². The van der Waals surface area contributed by atoms with E-state index in [0.29, 0.717) is 0 Å². The van der Waals surface area contributed by atoms with E-state index in [4.69, 9.17) is 18.4 Å². The second kappa shape index (κ2) is 10.2. The summed E-state index contributed by atoms with van der Waals surface area (Å²) in [7, 11) is -4.26. The van der Waals surface area contributed by atoms with Gasteiger partial charge < -0.3 is 50.0 Å². The number of aryl methyl sites for hydroxylation is 1.